The van der Waals surface area contributed by atoms with Crippen molar-refractivity contribution in [1.29, 1.82) is 0 Å². The Morgan fingerprint density at radius 2 is 2.06 bits per heavy atom. The van der Waals surface area contributed by atoms with E-state index in [1.165, 1.54) is 17.3 Å². The van der Waals surface area contributed by atoms with E-state index in [-0.39, 0.29) is 0 Å². The second-order valence-corrected chi connectivity index (χ2v) is 4.43. The molecule has 1 aromatic carbocycles. The van der Waals surface area contributed by atoms with Crippen LogP contribution in [0.15, 0.2) is 35.5 Å². The van der Waals surface area contributed by atoms with Crippen LogP contribution in [0.1, 0.15) is 5.56 Å². The summed E-state index contributed by atoms with van der Waals surface area (Å²) < 4.78 is 0. The molecule has 4 nitrogen and oxygen atoms in total. The largest absolute Gasteiger partial charge is 0.383 e. The highest BCUT2D eigenvalue weighted by Gasteiger charge is 2.02. The van der Waals surface area contributed by atoms with Gasteiger partial charge in [0.25, 0.3) is 0 Å². The Labute approximate surface area is 105 Å². The minimum absolute atomic E-state index is 0.472. The molecule has 5 heteroatoms. The first-order chi connectivity index (χ1) is 8.17. The van der Waals surface area contributed by atoms with E-state index in [1.807, 2.05) is 31.4 Å². The van der Waals surface area contributed by atoms with Gasteiger partial charge < -0.3 is 11.1 Å². The summed E-state index contributed by atoms with van der Waals surface area (Å²) in [5, 5.41) is 3.88. The fraction of sp³-hybridized carbons (Fsp3) is 0.167. The molecule has 0 fully saturated rings. The monoisotopic (exact) mass is 246 g/mol. The van der Waals surface area contributed by atoms with Crippen molar-refractivity contribution in [2.45, 2.75) is 12.1 Å². The summed E-state index contributed by atoms with van der Waals surface area (Å²) in [5.41, 5.74) is 7.91. The van der Waals surface area contributed by atoms with Crippen LogP contribution in [-0.4, -0.2) is 16.2 Å². The molecule has 0 bridgehead atoms. The predicted molar refractivity (Wildman–Crippen MR) is 72.7 cm³/mol. The van der Waals surface area contributed by atoms with Crippen molar-refractivity contribution < 1.29 is 0 Å². The summed E-state index contributed by atoms with van der Waals surface area (Å²) in [7, 11) is 0. The summed E-state index contributed by atoms with van der Waals surface area (Å²) in [5.74, 6) is 1.19. The predicted octanol–water partition coefficient (Wildman–Crippen LogP) is 2.83. The first-order valence-corrected chi connectivity index (χ1v) is 6.42. The molecule has 0 saturated carbocycles. The van der Waals surface area contributed by atoms with Gasteiger partial charge in [0.2, 0.25) is 0 Å². The standard InChI is InChI=1S/C12H14N4S/c1-8-4-3-5-9(6-8)14-11-7-10(13)15-12(16-11)17-2/h3-7H,1-2H3,(H3,13,14,15,16). The highest BCUT2D eigenvalue weighted by Crippen LogP contribution is 2.19. The molecular weight excluding hydrogens is 232 g/mol. The zero-order valence-electron chi connectivity index (χ0n) is 9.77. The number of nitrogen functional groups attached to an aromatic ring is 1. The van der Waals surface area contributed by atoms with Crippen LogP contribution in [0.2, 0.25) is 0 Å². The summed E-state index contributed by atoms with van der Waals surface area (Å²) in [6.07, 6.45) is 1.92. The zero-order chi connectivity index (χ0) is 12.3. The van der Waals surface area contributed by atoms with Crippen LogP contribution < -0.4 is 11.1 Å². The van der Waals surface area contributed by atoms with E-state index in [4.69, 9.17) is 5.73 Å². The van der Waals surface area contributed by atoms with E-state index in [2.05, 4.69) is 21.4 Å². The molecule has 0 aliphatic heterocycles. The molecule has 0 amide bonds. The van der Waals surface area contributed by atoms with Crippen LogP contribution in [0.25, 0.3) is 0 Å². The lowest BCUT2D eigenvalue weighted by atomic mass is 10.2. The summed E-state index contributed by atoms with van der Waals surface area (Å²) in [6, 6.07) is 9.81. The number of hydrogen-bond donors (Lipinski definition) is 2. The first-order valence-electron chi connectivity index (χ1n) is 5.19. The Kier molecular flexibility index (Phi) is 3.49. The second-order valence-electron chi connectivity index (χ2n) is 3.66. The number of nitrogens with one attached hydrogen (secondary N) is 1. The number of anilines is 3. The van der Waals surface area contributed by atoms with Crippen molar-refractivity contribution in [3.05, 3.63) is 35.9 Å². The summed E-state index contributed by atoms with van der Waals surface area (Å²) >= 11 is 1.47. The van der Waals surface area contributed by atoms with Gasteiger partial charge in [0.1, 0.15) is 11.6 Å². The quantitative estimate of drug-likeness (QED) is 0.644. The van der Waals surface area contributed by atoms with Crippen molar-refractivity contribution in [2.75, 3.05) is 17.3 Å². The van der Waals surface area contributed by atoms with Crippen molar-refractivity contribution >= 4 is 29.1 Å². The van der Waals surface area contributed by atoms with Gasteiger partial charge in [0.05, 0.1) is 0 Å². The number of hydrogen-bond acceptors (Lipinski definition) is 5. The minimum atomic E-state index is 0.472. The van der Waals surface area contributed by atoms with E-state index in [9.17, 15) is 0 Å². The average Bonchev–Trinajstić information content (AvgIpc) is 2.28. The zero-order valence-corrected chi connectivity index (χ0v) is 10.6. The number of benzene rings is 1. The van der Waals surface area contributed by atoms with Crippen molar-refractivity contribution in [2.24, 2.45) is 0 Å². The molecule has 3 N–H and O–H groups in total. The molecule has 17 heavy (non-hydrogen) atoms. The molecule has 2 rings (SSSR count). The molecular formula is C12H14N4S. The number of aryl methyl sites for hydroxylation is 1. The van der Waals surface area contributed by atoms with E-state index < -0.39 is 0 Å². The Morgan fingerprint density at radius 3 is 2.76 bits per heavy atom. The van der Waals surface area contributed by atoms with Gasteiger partial charge >= 0.3 is 0 Å². The van der Waals surface area contributed by atoms with Crippen LogP contribution in [-0.2, 0) is 0 Å². The van der Waals surface area contributed by atoms with Gasteiger partial charge in [-0.15, -0.1) is 0 Å². The van der Waals surface area contributed by atoms with Crippen molar-refractivity contribution in [1.82, 2.24) is 9.97 Å². The second kappa shape index (κ2) is 5.05. The third kappa shape index (κ3) is 3.10. The highest BCUT2D eigenvalue weighted by molar-refractivity contribution is 7.98. The average molecular weight is 246 g/mol. The van der Waals surface area contributed by atoms with Gasteiger partial charge in [-0.3, -0.25) is 0 Å². The summed E-state index contributed by atoms with van der Waals surface area (Å²) in [4.78, 5) is 8.44. The molecule has 0 atom stereocenters. The Morgan fingerprint density at radius 1 is 1.24 bits per heavy atom. The lowest BCUT2D eigenvalue weighted by Crippen LogP contribution is -2.00. The van der Waals surface area contributed by atoms with Gasteiger partial charge in [-0.05, 0) is 30.9 Å². The molecule has 0 aliphatic rings. The Hall–Kier alpha value is -1.75. The lowest BCUT2D eigenvalue weighted by molar-refractivity contribution is 0.984. The normalized spacial score (nSPS) is 10.2. The maximum absolute atomic E-state index is 5.71. The highest BCUT2D eigenvalue weighted by atomic mass is 32.2. The number of aromatic nitrogens is 2. The van der Waals surface area contributed by atoms with Crippen LogP contribution >= 0.6 is 11.8 Å². The molecule has 0 saturated heterocycles. The smallest absolute Gasteiger partial charge is 0.191 e. The lowest BCUT2D eigenvalue weighted by Gasteiger charge is -2.07. The maximum atomic E-state index is 5.71. The Balaban J connectivity index is 2.26. The number of thioether (sulfide) groups is 1. The van der Waals surface area contributed by atoms with Crippen molar-refractivity contribution in [3.63, 3.8) is 0 Å². The van der Waals surface area contributed by atoms with E-state index in [1.54, 1.807) is 6.07 Å². The fourth-order valence-corrected chi connectivity index (χ4v) is 1.86. The topological polar surface area (TPSA) is 63.8 Å². The van der Waals surface area contributed by atoms with Gasteiger partial charge in [-0.25, -0.2) is 9.97 Å². The molecule has 0 spiro atoms. The molecule has 1 aromatic heterocycles. The van der Waals surface area contributed by atoms with Crippen LogP contribution in [0, 0.1) is 6.92 Å². The molecule has 0 radical (unpaired) electrons. The SMILES string of the molecule is CSc1nc(N)cc(Nc2cccc(C)c2)n1. The van der Waals surface area contributed by atoms with Gasteiger partial charge in [-0.1, -0.05) is 23.9 Å². The molecule has 0 unspecified atom stereocenters. The Bertz CT molecular complexity index is 528. The molecule has 0 aliphatic carbocycles. The van der Waals surface area contributed by atoms with Crippen molar-refractivity contribution in [3.8, 4) is 0 Å². The van der Waals surface area contributed by atoms with E-state index in [0.29, 0.717) is 16.8 Å². The first kappa shape index (κ1) is 11.7. The summed E-state index contributed by atoms with van der Waals surface area (Å²) in [6.45, 7) is 2.05. The van der Waals surface area contributed by atoms with Gasteiger partial charge in [0, 0.05) is 11.8 Å². The van der Waals surface area contributed by atoms with Crippen LogP contribution in [0.5, 0.6) is 0 Å². The van der Waals surface area contributed by atoms with Gasteiger partial charge in [0.15, 0.2) is 5.16 Å². The third-order valence-electron chi connectivity index (χ3n) is 2.20. The number of nitrogens with two attached hydrogens (primary N) is 1. The third-order valence-corrected chi connectivity index (χ3v) is 2.75. The molecule has 2 aromatic rings. The fourth-order valence-electron chi connectivity index (χ4n) is 1.47. The van der Waals surface area contributed by atoms with E-state index >= 15 is 0 Å². The number of rotatable bonds is 3. The molecule has 88 valence electrons. The molecule has 1 heterocycles. The van der Waals surface area contributed by atoms with Crippen LogP contribution in [0.4, 0.5) is 17.3 Å². The minimum Gasteiger partial charge on any atom is -0.383 e. The van der Waals surface area contributed by atoms with Crippen LogP contribution in [0.3, 0.4) is 0 Å². The van der Waals surface area contributed by atoms with E-state index in [0.717, 1.165) is 5.69 Å². The number of nitrogens with zero attached hydrogens (tertiary/aromatic N) is 2. The van der Waals surface area contributed by atoms with Gasteiger partial charge in [-0.2, -0.15) is 0 Å². The maximum Gasteiger partial charge on any atom is 0.191 e.